The maximum absolute atomic E-state index is 5.36. The van der Waals surface area contributed by atoms with Gasteiger partial charge in [-0.15, -0.1) is 0 Å². The van der Waals surface area contributed by atoms with Crippen LogP contribution in [0.3, 0.4) is 0 Å². The molecule has 1 saturated heterocycles. The van der Waals surface area contributed by atoms with Gasteiger partial charge < -0.3 is 10.1 Å². The van der Waals surface area contributed by atoms with Gasteiger partial charge >= 0.3 is 0 Å². The van der Waals surface area contributed by atoms with Crippen LogP contribution in [-0.4, -0.2) is 38.2 Å². The quantitative estimate of drug-likeness (QED) is 0.883. The van der Waals surface area contributed by atoms with Crippen molar-refractivity contribution in [2.24, 2.45) is 0 Å². The van der Waals surface area contributed by atoms with Gasteiger partial charge in [-0.25, -0.2) is 0 Å². The number of hydrogen-bond acceptors (Lipinski definition) is 3. The van der Waals surface area contributed by atoms with Gasteiger partial charge in [0.25, 0.3) is 0 Å². The molecule has 0 bridgehead atoms. The Hall–Kier alpha value is -1.06. The Morgan fingerprint density at radius 3 is 3.05 bits per heavy atom. The molecular formula is C16H24N2O. The van der Waals surface area contributed by atoms with Crippen LogP contribution in [0.5, 0.6) is 5.75 Å². The van der Waals surface area contributed by atoms with E-state index in [1.165, 1.54) is 56.4 Å². The lowest BCUT2D eigenvalue weighted by atomic mass is 9.86. The van der Waals surface area contributed by atoms with Crippen LogP contribution in [0.1, 0.15) is 36.4 Å². The summed E-state index contributed by atoms with van der Waals surface area (Å²) in [6.07, 6.45) is 5.07. The van der Waals surface area contributed by atoms with E-state index in [1.54, 1.807) is 7.11 Å². The fraction of sp³-hybridized carbons (Fsp3) is 0.625. The third kappa shape index (κ3) is 2.77. The summed E-state index contributed by atoms with van der Waals surface area (Å²) in [5.41, 5.74) is 3.03. The summed E-state index contributed by atoms with van der Waals surface area (Å²) >= 11 is 0. The standard InChI is InChI=1S/C16H24N2O/c1-19-14-6-7-15-13(12-14)4-2-5-16(15)18-10-3-8-17-9-11-18/h6-7,12,16-17H,2-5,8-11H2,1H3. The molecule has 1 heterocycles. The van der Waals surface area contributed by atoms with Crippen molar-refractivity contribution in [1.29, 1.82) is 0 Å². The van der Waals surface area contributed by atoms with E-state index in [1.807, 2.05) is 0 Å². The molecular weight excluding hydrogens is 236 g/mol. The van der Waals surface area contributed by atoms with Crippen molar-refractivity contribution < 1.29 is 4.74 Å². The summed E-state index contributed by atoms with van der Waals surface area (Å²) in [6, 6.07) is 7.26. The van der Waals surface area contributed by atoms with Crippen LogP contribution in [-0.2, 0) is 6.42 Å². The normalized spacial score (nSPS) is 24.6. The zero-order valence-electron chi connectivity index (χ0n) is 11.8. The number of rotatable bonds is 2. The first-order valence-electron chi connectivity index (χ1n) is 7.50. The first-order valence-corrected chi connectivity index (χ1v) is 7.50. The maximum atomic E-state index is 5.36. The number of aryl methyl sites for hydroxylation is 1. The summed E-state index contributed by atoms with van der Waals surface area (Å²) in [6.45, 7) is 4.69. The highest BCUT2D eigenvalue weighted by molar-refractivity contribution is 5.39. The van der Waals surface area contributed by atoms with Gasteiger partial charge in [-0.3, -0.25) is 4.90 Å². The van der Waals surface area contributed by atoms with E-state index in [-0.39, 0.29) is 0 Å². The minimum Gasteiger partial charge on any atom is -0.497 e. The van der Waals surface area contributed by atoms with Gasteiger partial charge in [0.1, 0.15) is 5.75 Å². The highest BCUT2D eigenvalue weighted by Gasteiger charge is 2.26. The first-order chi connectivity index (χ1) is 9.38. The second-order valence-corrected chi connectivity index (χ2v) is 5.61. The monoisotopic (exact) mass is 260 g/mol. The Balaban J connectivity index is 1.84. The highest BCUT2D eigenvalue weighted by Crippen LogP contribution is 2.36. The zero-order valence-corrected chi connectivity index (χ0v) is 11.8. The molecule has 1 aromatic carbocycles. The molecule has 0 radical (unpaired) electrons. The molecule has 19 heavy (non-hydrogen) atoms. The minimum atomic E-state index is 0.620. The number of methoxy groups -OCH3 is 1. The molecule has 1 N–H and O–H groups in total. The van der Waals surface area contributed by atoms with Crippen LogP contribution in [0.15, 0.2) is 18.2 Å². The van der Waals surface area contributed by atoms with E-state index in [9.17, 15) is 0 Å². The van der Waals surface area contributed by atoms with Crippen molar-refractivity contribution in [2.45, 2.75) is 31.7 Å². The number of benzene rings is 1. The van der Waals surface area contributed by atoms with Crippen molar-refractivity contribution in [2.75, 3.05) is 33.3 Å². The van der Waals surface area contributed by atoms with E-state index >= 15 is 0 Å². The molecule has 3 nitrogen and oxygen atoms in total. The van der Waals surface area contributed by atoms with Gasteiger partial charge in [0.2, 0.25) is 0 Å². The molecule has 1 atom stereocenters. The molecule has 2 aliphatic rings. The van der Waals surface area contributed by atoms with E-state index in [4.69, 9.17) is 4.74 Å². The molecule has 0 aromatic heterocycles. The van der Waals surface area contributed by atoms with Gasteiger partial charge in [-0.05, 0) is 55.5 Å². The highest BCUT2D eigenvalue weighted by atomic mass is 16.5. The molecule has 3 rings (SSSR count). The van der Waals surface area contributed by atoms with Crippen LogP contribution >= 0.6 is 0 Å². The van der Waals surface area contributed by atoms with Crippen molar-refractivity contribution in [3.63, 3.8) is 0 Å². The molecule has 0 spiro atoms. The lowest BCUT2D eigenvalue weighted by molar-refractivity contribution is 0.190. The fourth-order valence-electron chi connectivity index (χ4n) is 3.45. The number of nitrogens with zero attached hydrogens (tertiary/aromatic N) is 1. The number of ether oxygens (including phenoxy) is 1. The molecule has 0 saturated carbocycles. The molecule has 1 fully saturated rings. The SMILES string of the molecule is COc1ccc2c(c1)CCCC2N1CCCNCC1. The summed E-state index contributed by atoms with van der Waals surface area (Å²) in [4.78, 5) is 2.67. The van der Waals surface area contributed by atoms with Gasteiger partial charge in [-0.1, -0.05) is 6.07 Å². The van der Waals surface area contributed by atoms with E-state index in [0.29, 0.717) is 6.04 Å². The van der Waals surface area contributed by atoms with Crippen LogP contribution in [0.4, 0.5) is 0 Å². The van der Waals surface area contributed by atoms with Crippen LogP contribution < -0.4 is 10.1 Å². The Bertz CT molecular complexity index is 425. The van der Waals surface area contributed by atoms with Crippen LogP contribution in [0.25, 0.3) is 0 Å². The smallest absolute Gasteiger partial charge is 0.119 e. The topological polar surface area (TPSA) is 24.5 Å². The van der Waals surface area contributed by atoms with Crippen molar-refractivity contribution in [1.82, 2.24) is 10.2 Å². The van der Waals surface area contributed by atoms with Crippen LogP contribution in [0.2, 0.25) is 0 Å². The lowest BCUT2D eigenvalue weighted by Gasteiger charge is -2.35. The molecule has 104 valence electrons. The largest absolute Gasteiger partial charge is 0.497 e. The Labute approximate surface area is 115 Å². The Morgan fingerprint density at radius 1 is 1.21 bits per heavy atom. The molecule has 1 aliphatic heterocycles. The summed E-state index contributed by atoms with van der Waals surface area (Å²) in [5, 5.41) is 3.50. The Morgan fingerprint density at radius 2 is 2.16 bits per heavy atom. The third-order valence-electron chi connectivity index (χ3n) is 4.45. The average Bonchev–Trinajstić information content (AvgIpc) is 2.75. The lowest BCUT2D eigenvalue weighted by Crippen LogP contribution is -2.34. The number of fused-ring (bicyclic) bond motifs is 1. The van der Waals surface area contributed by atoms with Crippen molar-refractivity contribution in [3.05, 3.63) is 29.3 Å². The molecule has 0 amide bonds. The Kier molecular flexibility index (Phi) is 4.04. The zero-order chi connectivity index (χ0) is 13.1. The van der Waals surface area contributed by atoms with Crippen LogP contribution in [0, 0.1) is 0 Å². The molecule has 3 heteroatoms. The second kappa shape index (κ2) is 5.93. The van der Waals surface area contributed by atoms with Gasteiger partial charge in [0, 0.05) is 25.7 Å². The summed E-state index contributed by atoms with van der Waals surface area (Å²) < 4.78 is 5.36. The fourth-order valence-corrected chi connectivity index (χ4v) is 3.45. The predicted molar refractivity (Wildman–Crippen MR) is 77.7 cm³/mol. The van der Waals surface area contributed by atoms with Crippen molar-refractivity contribution in [3.8, 4) is 5.75 Å². The van der Waals surface area contributed by atoms with Gasteiger partial charge in [0.15, 0.2) is 0 Å². The minimum absolute atomic E-state index is 0.620. The number of hydrogen-bond donors (Lipinski definition) is 1. The van der Waals surface area contributed by atoms with E-state index in [0.717, 1.165) is 12.3 Å². The van der Waals surface area contributed by atoms with Gasteiger partial charge in [0.05, 0.1) is 7.11 Å². The maximum Gasteiger partial charge on any atom is 0.119 e. The second-order valence-electron chi connectivity index (χ2n) is 5.61. The number of nitrogens with one attached hydrogen (secondary N) is 1. The summed E-state index contributed by atoms with van der Waals surface area (Å²) in [5.74, 6) is 0.997. The average molecular weight is 260 g/mol. The molecule has 1 unspecified atom stereocenters. The molecule has 1 aliphatic carbocycles. The first kappa shape index (κ1) is 12.9. The third-order valence-corrected chi connectivity index (χ3v) is 4.45. The van der Waals surface area contributed by atoms with E-state index < -0.39 is 0 Å². The molecule has 1 aromatic rings. The van der Waals surface area contributed by atoms with Crippen molar-refractivity contribution >= 4 is 0 Å². The predicted octanol–water partition coefficient (Wildman–Crippen LogP) is 2.37. The summed E-state index contributed by atoms with van der Waals surface area (Å²) in [7, 11) is 1.75. The van der Waals surface area contributed by atoms with Gasteiger partial charge in [-0.2, -0.15) is 0 Å². The van der Waals surface area contributed by atoms with E-state index in [2.05, 4.69) is 28.4 Å².